The number of carbonyl (C=O) groups excluding carboxylic acids is 1. The molecule has 0 spiro atoms. The normalized spacial score (nSPS) is 11.2. The maximum Gasteiger partial charge on any atom is 0.416 e. The standard InChI is InChI=1S/C11H14F3N3OS/c1-19-5-4-16-10(18)8-6-7(11(12,13)14)2-3-9(8)17-15/h2-3,6,17H,4-5,15H2,1H3,(H,16,18). The van der Waals surface area contributed by atoms with Crippen molar-refractivity contribution in [3.8, 4) is 0 Å². The highest BCUT2D eigenvalue weighted by Crippen LogP contribution is 2.31. The molecule has 8 heteroatoms. The molecule has 0 saturated carbocycles. The maximum atomic E-state index is 12.6. The van der Waals surface area contributed by atoms with Gasteiger partial charge < -0.3 is 10.7 Å². The number of hydrazine groups is 1. The van der Waals surface area contributed by atoms with Crippen molar-refractivity contribution in [3.05, 3.63) is 29.3 Å². The van der Waals surface area contributed by atoms with Gasteiger partial charge in [0.2, 0.25) is 0 Å². The lowest BCUT2D eigenvalue weighted by atomic mass is 10.1. The molecule has 19 heavy (non-hydrogen) atoms. The van der Waals surface area contributed by atoms with Crippen LogP contribution in [0.25, 0.3) is 0 Å². The van der Waals surface area contributed by atoms with Crippen LogP contribution in [0.15, 0.2) is 18.2 Å². The van der Waals surface area contributed by atoms with Gasteiger partial charge in [0, 0.05) is 12.3 Å². The molecule has 0 fully saturated rings. The summed E-state index contributed by atoms with van der Waals surface area (Å²) in [6.45, 7) is 0.375. The molecule has 106 valence electrons. The Balaban J connectivity index is 2.99. The Morgan fingerprint density at radius 3 is 2.63 bits per heavy atom. The third-order valence-electron chi connectivity index (χ3n) is 2.34. The van der Waals surface area contributed by atoms with Crippen LogP contribution in [-0.2, 0) is 6.18 Å². The third-order valence-corrected chi connectivity index (χ3v) is 2.95. The summed E-state index contributed by atoms with van der Waals surface area (Å²) in [5.41, 5.74) is 1.35. The van der Waals surface area contributed by atoms with Gasteiger partial charge in [-0.25, -0.2) is 0 Å². The van der Waals surface area contributed by atoms with Crippen molar-refractivity contribution in [1.29, 1.82) is 0 Å². The van der Waals surface area contributed by atoms with Gasteiger partial charge in [0.05, 0.1) is 16.8 Å². The van der Waals surface area contributed by atoms with Crippen LogP contribution in [-0.4, -0.2) is 24.5 Å². The summed E-state index contributed by atoms with van der Waals surface area (Å²) in [6.07, 6.45) is -2.63. The molecule has 0 aliphatic heterocycles. The zero-order valence-electron chi connectivity index (χ0n) is 10.2. The number of anilines is 1. The number of nitrogens with one attached hydrogen (secondary N) is 2. The van der Waals surface area contributed by atoms with Gasteiger partial charge in [-0.1, -0.05) is 0 Å². The number of hydrogen-bond donors (Lipinski definition) is 3. The van der Waals surface area contributed by atoms with Gasteiger partial charge in [-0.05, 0) is 24.5 Å². The number of thioether (sulfide) groups is 1. The molecule has 0 aliphatic rings. The van der Waals surface area contributed by atoms with Crippen molar-refractivity contribution < 1.29 is 18.0 Å². The molecule has 4 N–H and O–H groups in total. The van der Waals surface area contributed by atoms with E-state index in [4.69, 9.17) is 5.84 Å². The van der Waals surface area contributed by atoms with E-state index in [2.05, 4.69) is 10.7 Å². The van der Waals surface area contributed by atoms with Crippen LogP contribution in [0.3, 0.4) is 0 Å². The second kappa shape index (κ2) is 6.67. The van der Waals surface area contributed by atoms with Gasteiger partial charge in [-0.2, -0.15) is 24.9 Å². The molecular formula is C11H14F3N3OS. The monoisotopic (exact) mass is 293 g/mol. The minimum Gasteiger partial charge on any atom is -0.351 e. The van der Waals surface area contributed by atoms with E-state index >= 15 is 0 Å². The number of nitrogens with two attached hydrogens (primary N) is 1. The first-order chi connectivity index (χ1) is 8.90. The van der Waals surface area contributed by atoms with Gasteiger partial charge in [0.15, 0.2) is 0 Å². The van der Waals surface area contributed by atoms with Gasteiger partial charge in [-0.3, -0.25) is 10.6 Å². The predicted octanol–water partition coefficient (Wildman–Crippen LogP) is 2.08. The minimum atomic E-state index is -4.50. The number of alkyl halides is 3. The number of hydrogen-bond acceptors (Lipinski definition) is 4. The van der Waals surface area contributed by atoms with Crippen molar-refractivity contribution in [1.82, 2.24) is 5.32 Å². The molecule has 0 bridgehead atoms. The van der Waals surface area contributed by atoms with E-state index in [0.717, 1.165) is 18.2 Å². The molecular weight excluding hydrogens is 279 g/mol. The largest absolute Gasteiger partial charge is 0.416 e. The van der Waals surface area contributed by atoms with Crippen LogP contribution < -0.4 is 16.6 Å². The molecule has 4 nitrogen and oxygen atoms in total. The average molecular weight is 293 g/mol. The number of rotatable bonds is 5. The number of amides is 1. The van der Waals surface area contributed by atoms with Gasteiger partial charge in [-0.15, -0.1) is 0 Å². The number of benzene rings is 1. The third kappa shape index (κ3) is 4.32. The van der Waals surface area contributed by atoms with Crippen molar-refractivity contribution in [3.63, 3.8) is 0 Å². The van der Waals surface area contributed by atoms with E-state index in [1.165, 1.54) is 11.8 Å². The van der Waals surface area contributed by atoms with Crippen molar-refractivity contribution in [2.45, 2.75) is 6.18 Å². The van der Waals surface area contributed by atoms with Crippen LogP contribution in [0.1, 0.15) is 15.9 Å². The molecule has 0 radical (unpaired) electrons. The molecule has 0 heterocycles. The highest BCUT2D eigenvalue weighted by Gasteiger charge is 2.31. The highest BCUT2D eigenvalue weighted by molar-refractivity contribution is 7.98. The molecule has 0 atom stereocenters. The zero-order valence-corrected chi connectivity index (χ0v) is 11.0. The van der Waals surface area contributed by atoms with Crippen molar-refractivity contribution in [2.75, 3.05) is 24.0 Å². The Labute approximate surface area is 112 Å². The average Bonchev–Trinajstić information content (AvgIpc) is 2.37. The molecule has 1 aromatic rings. The lowest BCUT2D eigenvalue weighted by molar-refractivity contribution is -0.137. The zero-order chi connectivity index (χ0) is 14.5. The maximum absolute atomic E-state index is 12.6. The van der Waals surface area contributed by atoms with Gasteiger partial charge in [0.1, 0.15) is 0 Å². The van der Waals surface area contributed by atoms with E-state index in [0.29, 0.717) is 12.3 Å². The van der Waals surface area contributed by atoms with E-state index < -0.39 is 17.6 Å². The number of halogens is 3. The fraction of sp³-hybridized carbons (Fsp3) is 0.364. The summed E-state index contributed by atoms with van der Waals surface area (Å²) in [5, 5.41) is 2.53. The first-order valence-electron chi connectivity index (χ1n) is 5.35. The Bertz CT molecular complexity index is 451. The molecule has 1 amide bonds. The second-order valence-electron chi connectivity index (χ2n) is 3.65. The second-order valence-corrected chi connectivity index (χ2v) is 4.64. The lowest BCUT2D eigenvalue weighted by Crippen LogP contribution is -2.27. The quantitative estimate of drug-likeness (QED) is 0.442. The molecule has 0 unspecified atom stereocenters. The SMILES string of the molecule is CSCCNC(=O)c1cc(C(F)(F)F)ccc1NN. The van der Waals surface area contributed by atoms with Crippen LogP contribution in [0.4, 0.5) is 18.9 Å². The summed E-state index contributed by atoms with van der Waals surface area (Å²) in [4.78, 5) is 11.8. The summed E-state index contributed by atoms with van der Waals surface area (Å²) < 4.78 is 37.8. The van der Waals surface area contributed by atoms with Crippen molar-refractivity contribution in [2.24, 2.45) is 5.84 Å². The molecule has 0 aliphatic carbocycles. The van der Waals surface area contributed by atoms with E-state index in [-0.39, 0.29) is 11.3 Å². The van der Waals surface area contributed by atoms with Crippen LogP contribution in [0.5, 0.6) is 0 Å². The van der Waals surface area contributed by atoms with E-state index in [9.17, 15) is 18.0 Å². The van der Waals surface area contributed by atoms with Crippen LogP contribution in [0, 0.1) is 0 Å². The topological polar surface area (TPSA) is 67.2 Å². The Morgan fingerprint density at radius 2 is 2.11 bits per heavy atom. The van der Waals surface area contributed by atoms with Crippen molar-refractivity contribution >= 4 is 23.4 Å². The molecule has 1 aromatic carbocycles. The Kier molecular flexibility index (Phi) is 5.49. The minimum absolute atomic E-state index is 0.126. The summed E-state index contributed by atoms with van der Waals surface area (Å²) in [5.74, 6) is 5.27. The molecule has 0 saturated heterocycles. The Hall–Kier alpha value is -1.41. The predicted molar refractivity (Wildman–Crippen MR) is 70.0 cm³/mol. The summed E-state index contributed by atoms with van der Waals surface area (Å²) in [7, 11) is 0. The van der Waals surface area contributed by atoms with Gasteiger partial charge in [0.25, 0.3) is 5.91 Å². The van der Waals surface area contributed by atoms with E-state index in [1.807, 2.05) is 6.26 Å². The molecule has 0 aromatic heterocycles. The summed E-state index contributed by atoms with van der Waals surface area (Å²) in [6, 6.07) is 2.78. The fourth-order valence-corrected chi connectivity index (χ4v) is 1.70. The van der Waals surface area contributed by atoms with Crippen LogP contribution >= 0.6 is 11.8 Å². The van der Waals surface area contributed by atoms with Crippen LogP contribution in [0.2, 0.25) is 0 Å². The molecule has 1 rings (SSSR count). The smallest absolute Gasteiger partial charge is 0.351 e. The van der Waals surface area contributed by atoms with E-state index in [1.54, 1.807) is 0 Å². The summed E-state index contributed by atoms with van der Waals surface area (Å²) >= 11 is 1.52. The first-order valence-corrected chi connectivity index (χ1v) is 6.74. The fourth-order valence-electron chi connectivity index (χ4n) is 1.40. The Morgan fingerprint density at radius 1 is 1.42 bits per heavy atom. The first kappa shape index (κ1) is 15.6. The van der Waals surface area contributed by atoms with Gasteiger partial charge >= 0.3 is 6.18 Å². The number of carbonyl (C=O) groups is 1. The highest BCUT2D eigenvalue weighted by atomic mass is 32.2. The lowest BCUT2D eigenvalue weighted by Gasteiger charge is -2.13. The number of nitrogen functional groups attached to an aromatic ring is 1.